The molecule has 0 aliphatic heterocycles. The SMILES string of the molecule is CCC(C)(C)NS(=O)(=O)c1cc(CN)cc(F)c1F. The number of hydrogen-bond acceptors (Lipinski definition) is 3. The molecule has 0 heterocycles. The minimum absolute atomic E-state index is 0.0725. The monoisotopic (exact) mass is 292 g/mol. The minimum Gasteiger partial charge on any atom is -0.326 e. The van der Waals surface area contributed by atoms with Crippen molar-refractivity contribution in [2.75, 3.05) is 0 Å². The highest BCUT2D eigenvalue weighted by molar-refractivity contribution is 7.89. The molecule has 7 heteroatoms. The van der Waals surface area contributed by atoms with Gasteiger partial charge in [-0.05, 0) is 38.0 Å². The molecule has 108 valence electrons. The van der Waals surface area contributed by atoms with E-state index in [2.05, 4.69) is 4.72 Å². The highest BCUT2D eigenvalue weighted by Gasteiger charge is 2.28. The van der Waals surface area contributed by atoms with Crippen molar-refractivity contribution in [2.45, 2.75) is 44.2 Å². The van der Waals surface area contributed by atoms with Gasteiger partial charge in [0.1, 0.15) is 4.90 Å². The van der Waals surface area contributed by atoms with Gasteiger partial charge in [-0.2, -0.15) is 0 Å². The Kier molecular flexibility index (Phi) is 4.65. The molecule has 0 bridgehead atoms. The van der Waals surface area contributed by atoms with E-state index in [0.717, 1.165) is 12.1 Å². The Morgan fingerprint density at radius 1 is 1.32 bits per heavy atom. The molecule has 0 radical (unpaired) electrons. The van der Waals surface area contributed by atoms with Crippen LogP contribution in [-0.4, -0.2) is 14.0 Å². The minimum atomic E-state index is -4.14. The lowest BCUT2D eigenvalue weighted by atomic mass is 10.0. The van der Waals surface area contributed by atoms with Crippen LogP contribution in [0.1, 0.15) is 32.8 Å². The normalized spacial score (nSPS) is 12.7. The highest BCUT2D eigenvalue weighted by atomic mass is 32.2. The van der Waals surface area contributed by atoms with E-state index in [1.807, 2.05) is 0 Å². The largest absolute Gasteiger partial charge is 0.326 e. The highest BCUT2D eigenvalue weighted by Crippen LogP contribution is 2.22. The van der Waals surface area contributed by atoms with Gasteiger partial charge in [0.25, 0.3) is 0 Å². The fraction of sp³-hybridized carbons (Fsp3) is 0.500. The molecule has 1 aromatic carbocycles. The summed E-state index contributed by atoms with van der Waals surface area (Å²) < 4.78 is 53.5. The van der Waals surface area contributed by atoms with E-state index >= 15 is 0 Å². The van der Waals surface area contributed by atoms with Crippen LogP contribution >= 0.6 is 0 Å². The quantitative estimate of drug-likeness (QED) is 0.870. The summed E-state index contributed by atoms with van der Waals surface area (Å²) in [5.41, 5.74) is 4.80. The molecular weight excluding hydrogens is 274 g/mol. The lowest BCUT2D eigenvalue weighted by Gasteiger charge is -2.24. The second-order valence-electron chi connectivity index (χ2n) is 4.94. The molecule has 0 aliphatic rings. The number of benzene rings is 1. The topological polar surface area (TPSA) is 72.2 Å². The van der Waals surface area contributed by atoms with Gasteiger partial charge < -0.3 is 5.73 Å². The molecule has 0 spiro atoms. The van der Waals surface area contributed by atoms with Gasteiger partial charge in [0.15, 0.2) is 11.6 Å². The Balaban J connectivity index is 3.33. The Morgan fingerprint density at radius 2 is 1.89 bits per heavy atom. The van der Waals surface area contributed by atoms with E-state index in [4.69, 9.17) is 5.73 Å². The van der Waals surface area contributed by atoms with Crippen LogP contribution in [0.15, 0.2) is 17.0 Å². The van der Waals surface area contributed by atoms with Crippen molar-refractivity contribution >= 4 is 10.0 Å². The molecule has 0 aliphatic carbocycles. The number of sulfonamides is 1. The van der Waals surface area contributed by atoms with Crippen molar-refractivity contribution in [3.8, 4) is 0 Å². The predicted molar refractivity (Wildman–Crippen MR) is 68.9 cm³/mol. The van der Waals surface area contributed by atoms with Crippen molar-refractivity contribution in [3.63, 3.8) is 0 Å². The summed E-state index contributed by atoms with van der Waals surface area (Å²) >= 11 is 0. The summed E-state index contributed by atoms with van der Waals surface area (Å²) in [7, 11) is -4.14. The molecular formula is C12H18F2N2O2S. The smallest absolute Gasteiger partial charge is 0.244 e. The summed E-state index contributed by atoms with van der Waals surface area (Å²) in [6, 6.07) is 1.94. The Labute approximate surface area is 112 Å². The third kappa shape index (κ3) is 3.71. The summed E-state index contributed by atoms with van der Waals surface area (Å²) in [5, 5.41) is 0. The first-order valence-corrected chi connectivity index (χ1v) is 7.33. The van der Waals surface area contributed by atoms with E-state index < -0.39 is 32.1 Å². The lowest BCUT2D eigenvalue weighted by molar-refractivity contribution is 0.433. The van der Waals surface area contributed by atoms with Crippen LogP contribution in [0.2, 0.25) is 0 Å². The average Bonchev–Trinajstić information content (AvgIpc) is 2.31. The van der Waals surface area contributed by atoms with E-state index in [1.54, 1.807) is 20.8 Å². The van der Waals surface area contributed by atoms with Gasteiger partial charge in [-0.1, -0.05) is 6.92 Å². The van der Waals surface area contributed by atoms with Gasteiger partial charge in [0, 0.05) is 12.1 Å². The van der Waals surface area contributed by atoms with Crippen LogP contribution in [0, 0.1) is 11.6 Å². The molecule has 0 saturated heterocycles. The van der Waals surface area contributed by atoms with Gasteiger partial charge in [-0.25, -0.2) is 21.9 Å². The molecule has 4 nitrogen and oxygen atoms in total. The van der Waals surface area contributed by atoms with Crippen molar-refractivity contribution in [2.24, 2.45) is 5.73 Å². The summed E-state index contributed by atoms with van der Waals surface area (Å²) in [6.07, 6.45) is 0.507. The predicted octanol–water partition coefficient (Wildman–Crippen LogP) is 1.89. The Morgan fingerprint density at radius 3 is 2.37 bits per heavy atom. The number of hydrogen-bond donors (Lipinski definition) is 2. The number of halogens is 2. The van der Waals surface area contributed by atoms with Crippen molar-refractivity contribution in [1.29, 1.82) is 0 Å². The third-order valence-electron chi connectivity index (χ3n) is 2.87. The van der Waals surface area contributed by atoms with Gasteiger partial charge in [0.05, 0.1) is 0 Å². The van der Waals surface area contributed by atoms with E-state index in [1.165, 1.54) is 0 Å². The van der Waals surface area contributed by atoms with E-state index in [0.29, 0.717) is 6.42 Å². The Hall–Kier alpha value is -1.05. The van der Waals surface area contributed by atoms with Crippen LogP contribution in [0.25, 0.3) is 0 Å². The van der Waals surface area contributed by atoms with Crippen LogP contribution in [0.4, 0.5) is 8.78 Å². The second-order valence-corrected chi connectivity index (χ2v) is 6.59. The van der Waals surface area contributed by atoms with Crippen LogP contribution < -0.4 is 10.5 Å². The summed E-state index contributed by atoms with van der Waals surface area (Å²) in [6.45, 7) is 5.03. The zero-order valence-corrected chi connectivity index (χ0v) is 11.9. The first kappa shape index (κ1) is 16.0. The molecule has 1 aromatic rings. The number of nitrogens with two attached hydrogens (primary N) is 1. The fourth-order valence-electron chi connectivity index (χ4n) is 1.42. The van der Waals surface area contributed by atoms with Gasteiger partial charge in [0.2, 0.25) is 10.0 Å². The summed E-state index contributed by atoms with van der Waals surface area (Å²) in [4.78, 5) is -0.713. The van der Waals surface area contributed by atoms with Crippen LogP contribution in [-0.2, 0) is 16.6 Å². The maximum atomic E-state index is 13.7. The molecule has 1 rings (SSSR count). The zero-order chi connectivity index (χ0) is 14.8. The molecule has 0 saturated carbocycles. The zero-order valence-electron chi connectivity index (χ0n) is 11.1. The maximum absolute atomic E-state index is 13.7. The Bertz CT molecular complexity index is 571. The second kappa shape index (κ2) is 5.52. The number of rotatable bonds is 5. The van der Waals surface area contributed by atoms with Crippen molar-refractivity contribution in [1.82, 2.24) is 4.72 Å². The third-order valence-corrected chi connectivity index (χ3v) is 4.57. The molecule has 0 fully saturated rings. The van der Waals surface area contributed by atoms with E-state index in [-0.39, 0.29) is 12.1 Å². The van der Waals surface area contributed by atoms with Gasteiger partial charge in [-0.3, -0.25) is 0 Å². The average molecular weight is 292 g/mol. The van der Waals surface area contributed by atoms with Crippen LogP contribution in [0.5, 0.6) is 0 Å². The van der Waals surface area contributed by atoms with Gasteiger partial charge in [-0.15, -0.1) is 0 Å². The molecule has 19 heavy (non-hydrogen) atoms. The fourth-order valence-corrected chi connectivity index (χ4v) is 3.04. The van der Waals surface area contributed by atoms with Crippen molar-refractivity contribution in [3.05, 3.63) is 29.3 Å². The molecule has 0 aromatic heterocycles. The first-order chi connectivity index (χ1) is 8.63. The molecule has 3 N–H and O–H groups in total. The number of nitrogens with one attached hydrogen (secondary N) is 1. The lowest BCUT2D eigenvalue weighted by Crippen LogP contribution is -2.43. The summed E-state index contributed by atoms with van der Waals surface area (Å²) in [5.74, 6) is -2.62. The van der Waals surface area contributed by atoms with Crippen molar-refractivity contribution < 1.29 is 17.2 Å². The van der Waals surface area contributed by atoms with Crippen LogP contribution in [0.3, 0.4) is 0 Å². The standard InChI is InChI=1S/C12H18F2N2O2S/c1-4-12(2,3)16-19(17,18)10-6-8(7-15)5-9(13)11(10)14/h5-6,16H,4,7,15H2,1-3H3. The molecule has 0 unspecified atom stereocenters. The van der Waals surface area contributed by atoms with E-state index in [9.17, 15) is 17.2 Å². The van der Waals surface area contributed by atoms with Gasteiger partial charge >= 0.3 is 0 Å². The molecule has 0 atom stereocenters. The molecule has 0 amide bonds. The maximum Gasteiger partial charge on any atom is 0.244 e. The first-order valence-electron chi connectivity index (χ1n) is 5.85.